The van der Waals surface area contributed by atoms with Gasteiger partial charge in [-0.3, -0.25) is 14.0 Å². The monoisotopic (exact) mass is 317 g/mol. The van der Waals surface area contributed by atoms with Gasteiger partial charge in [-0.25, -0.2) is 0 Å². The van der Waals surface area contributed by atoms with Crippen LogP contribution < -0.4 is 0 Å². The fraction of sp³-hybridized carbons (Fsp3) is 0.294. The summed E-state index contributed by atoms with van der Waals surface area (Å²) in [7, 11) is -0.996. The van der Waals surface area contributed by atoms with E-state index in [4.69, 9.17) is 4.74 Å². The van der Waals surface area contributed by atoms with Crippen molar-refractivity contribution >= 4 is 16.8 Å². The fourth-order valence-corrected chi connectivity index (χ4v) is 2.54. The molecular formula is C17H19NO3S. The Labute approximate surface area is 133 Å². The summed E-state index contributed by atoms with van der Waals surface area (Å²) >= 11 is 0. The number of esters is 1. The van der Waals surface area contributed by atoms with Gasteiger partial charge >= 0.3 is 5.97 Å². The highest BCUT2D eigenvalue weighted by atomic mass is 32.2. The molecule has 1 heterocycles. The van der Waals surface area contributed by atoms with Crippen molar-refractivity contribution in [2.45, 2.75) is 24.2 Å². The van der Waals surface area contributed by atoms with Crippen molar-refractivity contribution in [2.24, 2.45) is 0 Å². The molecule has 0 saturated carbocycles. The van der Waals surface area contributed by atoms with Gasteiger partial charge in [-0.15, -0.1) is 0 Å². The number of carbonyl (C=O) groups excluding carboxylic acids is 1. The number of hydrogen-bond acceptors (Lipinski definition) is 4. The van der Waals surface area contributed by atoms with Crippen molar-refractivity contribution in [3.05, 3.63) is 59.9 Å². The van der Waals surface area contributed by atoms with Gasteiger partial charge < -0.3 is 4.74 Å². The van der Waals surface area contributed by atoms with E-state index in [2.05, 4.69) is 4.98 Å². The molecular weight excluding hydrogens is 298 g/mol. The Kier molecular flexibility index (Phi) is 6.27. The second kappa shape index (κ2) is 8.44. The molecule has 22 heavy (non-hydrogen) atoms. The van der Waals surface area contributed by atoms with Crippen LogP contribution in [0.2, 0.25) is 0 Å². The van der Waals surface area contributed by atoms with Gasteiger partial charge in [0, 0.05) is 34.3 Å². The minimum absolute atomic E-state index is 0.239. The molecule has 0 aliphatic rings. The van der Waals surface area contributed by atoms with Crippen LogP contribution in [0, 0.1) is 0 Å². The zero-order chi connectivity index (χ0) is 15.8. The number of pyridine rings is 1. The molecule has 2 rings (SSSR count). The molecule has 1 unspecified atom stereocenters. The summed E-state index contributed by atoms with van der Waals surface area (Å²) in [6.45, 7) is 0.408. The maximum atomic E-state index is 11.7. The molecule has 116 valence electrons. The van der Waals surface area contributed by atoms with Crippen molar-refractivity contribution in [2.75, 3.05) is 12.9 Å². The SMILES string of the molecule is CS(=O)c1ccc(CC(=O)OCCCc2cccnc2)cc1. The van der Waals surface area contributed by atoms with Gasteiger partial charge in [0.15, 0.2) is 0 Å². The average molecular weight is 317 g/mol. The Balaban J connectivity index is 1.70. The predicted octanol–water partition coefficient (Wildman–Crippen LogP) is 2.54. The largest absolute Gasteiger partial charge is 0.465 e. The number of ether oxygens (including phenoxy) is 1. The summed E-state index contributed by atoms with van der Waals surface area (Å²) < 4.78 is 16.5. The number of hydrogen-bond donors (Lipinski definition) is 0. The third kappa shape index (κ3) is 5.41. The Morgan fingerprint density at radius 3 is 2.59 bits per heavy atom. The molecule has 2 aromatic rings. The summed E-state index contributed by atoms with van der Waals surface area (Å²) in [5.74, 6) is -0.239. The Morgan fingerprint density at radius 1 is 1.18 bits per heavy atom. The lowest BCUT2D eigenvalue weighted by Gasteiger charge is -2.05. The van der Waals surface area contributed by atoms with Crippen molar-refractivity contribution in [1.82, 2.24) is 4.98 Å². The van der Waals surface area contributed by atoms with Crippen LogP contribution in [-0.4, -0.2) is 28.0 Å². The molecule has 0 aliphatic carbocycles. The van der Waals surface area contributed by atoms with E-state index in [0.717, 1.165) is 28.9 Å². The second-order valence-corrected chi connectivity index (χ2v) is 6.34. The van der Waals surface area contributed by atoms with Gasteiger partial charge in [0.05, 0.1) is 13.0 Å². The van der Waals surface area contributed by atoms with E-state index in [1.54, 1.807) is 24.6 Å². The lowest BCUT2D eigenvalue weighted by Crippen LogP contribution is -2.09. The highest BCUT2D eigenvalue weighted by Gasteiger charge is 2.05. The van der Waals surface area contributed by atoms with Crippen molar-refractivity contribution in [3.8, 4) is 0 Å². The third-order valence-corrected chi connectivity index (χ3v) is 4.14. The van der Waals surface area contributed by atoms with Crippen LogP contribution in [0.3, 0.4) is 0 Å². The topological polar surface area (TPSA) is 56.3 Å². The zero-order valence-electron chi connectivity index (χ0n) is 12.5. The van der Waals surface area contributed by atoms with Crippen LogP contribution in [0.5, 0.6) is 0 Å². The Bertz CT molecular complexity index is 626. The van der Waals surface area contributed by atoms with Crippen LogP contribution in [0.15, 0.2) is 53.7 Å². The standard InChI is InChI=1S/C17H19NO3S/c1-22(20)16-8-6-14(7-9-16)12-17(19)21-11-3-5-15-4-2-10-18-13-15/h2,4,6-10,13H,3,5,11-12H2,1H3. The first-order valence-corrected chi connectivity index (χ1v) is 8.68. The van der Waals surface area contributed by atoms with Gasteiger partial charge in [-0.1, -0.05) is 18.2 Å². The van der Waals surface area contributed by atoms with E-state index in [-0.39, 0.29) is 12.4 Å². The summed E-state index contributed by atoms with van der Waals surface area (Å²) in [6.07, 6.45) is 7.06. The summed E-state index contributed by atoms with van der Waals surface area (Å²) in [4.78, 5) is 16.6. The number of nitrogens with zero attached hydrogens (tertiary/aromatic N) is 1. The molecule has 5 heteroatoms. The number of benzene rings is 1. The zero-order valence-corrected chi connectivity index (χ0v) is 13.3. The molecule has 1 aromatic carbocycles. The molecule has 0 aliphatic heterocycles. The first-order chi connectivity index (χ1) is 10.6. The van der Waals surface area contributed by atoms with E-state index in [1.807, 2.05) is 30.5 Å². The van der Waals surface area contributed by atoms with E-state index in [0.29, 0.717) is 6.61 Å². The van der Waals surface area contributed by atoms with Gasteiger partial charge in [0.2, 0.25) is 0 Å². The lowest BCUT2D eigenvalue weighted by molar-refractivity contribution is -0.142. The Morgan fingerprint density at radius 2 is 1.95 bits per heavy atom. The van der Waals surface area contributed by atoms with Crippen LogP contribution in [0.25, 0.3) is 0 Å². The lowest BCUT2D eigenvalue weighted by atomic mass is 10.1. The van der Waals surface area contributed by atoms with Crippen molar-refractivity contribution in [3.63, 3.8) is 0 Å². The number of aromatic nitrogens is 1. The molecule has 0 spiro atoms. The maximum absolute atomic E-state index is 11.7. The first kappa shape index (κ1) is 16.4. The molecule has 1 atom stereocenters. The quantitative estimate of drug-likeness (QED) is 0.582. The Hall–Kier alpha value is -2.01. The molecule has 0 amide bonds. The van der Waals surface area contributed by atoms with E-state index in [1.165, 1.54) is 0 Å². The molecule has 0 saturated heterocycles. The molecule has 0 bridgehead atoms. The third-order valence-electron chi connectivity index (χ3n) is 3.20. The minimum Gasteiger partial charge on any atom is -0.465 e. The number of carbonyl (C=O) groups is 1. The van der Waals surface area contributed by atoms with Crippen molar-refractivity contribution < 1.29 is 13.7 Å². The van der Waals surface area contributed by atoms with Gasteiger partial charge in [0.25, 0.3) is 0 Å². The number of rotatable bonds is 7. The molecule has 0 fully saturated rings. The molecule has 1 aromatic heterocycles. The van der Waals surface area contributed by atoms with Crippen LogP contribution in [-0.2, 0) is 33.2 Å². The van der Waals surface area contributed by atoms with E-state index >= 15 is 0 Å². The normalized spacial score (nSPS) is 11.9. The summed E-state index contributed by atoms with van der Waals surface area (Å²) in [6, 6.07) is 11.1. The summed E-state index contributed by atoms with van der Waals surface area (Å²) in [5, 5.41) is 0. The second-order valence-electron chi connectivity index (χ2n) is 4.96. The fourth-order valence-electron chi connectivity index (χ4n) is 2.02. The predicted molar refractivity (Wildman–Crippen MR) is 86.0 cm³/mol. The highest BCUT2D eigenvalue weighted by molar-refractivity contribution is 7.84. The minimum atomic E-state index is -0.996. The van der Waals surface area contributed by atoms with Crippen LogP contribution in [0.1, 0.15) is 17.5 Å². The first-order valence-electron chi connectivity index (χ1n) is 7.12. The van der Waals surface area contributed by atoms with E-state index < -0.39 is 10.8 Å². The van der Waals surface area contributed by atoms with Gasteiger partial charge in [-0.2, -0.15) is 0 Å². The smallest absolute Gasteiger partial charge is 0.310 e. The van der Waals surface area contributed by atoms with Crippen LogP contribution in [0.4, 0.5) is 0 Å². The molecule has 4 nitrogen and oxygen atoms in total. The molecule has 0 N–H and O–H groups in total. The van der Waals surface area contributed by atoms with Gasteiger partial charge in [0.1, 0.15) is 0 Å². The highest BCUT2D eigenvalue weighted by Crippen LogP contribution is 2.09. The summed E-state index contributed by atoms with van der Waals surface area (Å²) in [5.41, 5.74) is 2.01. The van der Waals surface area contributed by atoms with Crippen molar-refractivity contribution in [1.29, 1.82) is 0 Å². The average Bonchev–Trinajstić information content (AvgIpc) is 2.53. The maximum Gasteiger partial charge on any atom is 0.310 e. The van der Waals surface area contributed by atoms with E-state index in [9.17, 15) is 9.00 Å². The number of aryl methyl sites for hydroxylation is 1. The molecule has 0 radical (unpaired) electrons. The van der Waals surface area contributed by atoms with Crippen LogP contribution >= 0.6 is 0 Å². The van der Waals surface area contributed by atoms with Gasteiger partial charge in [-0.05, 0) is 42.2 Å².